The van der Waals surface area contributed by atoms with Gasteiger partial charge in [0.2, 0.25) is 0 Å². The Kier molecular flexibility index (Phi) is 2.70. The van der Waals surface area contributed by atoms with E-state index < -0.39 is 5.41 Å². The predicted octanol–water partition coefficient (Wildman–Crippen LogP) is 2.98. The molecule has 2 aliphatic rings. The van der Waals surface area contributed by atoms with Crippen molar-refractivity contribution in [2.24, 2.45) is 5.41 Å². The lowest BCUT2D eigenvalue weighted by Crippen LogP contribution is -2.26. The molecular weight excluding hydrogens is 222 g/mol. The normalized spacial score (nSPS) is 26.1. The van der Waals surface area contributed by atoms with Crippen LogP contribution in [0.5, 0.6) is 0 Å². The molecule has 1 aromatic carbocycles. The number of fused-ring (bicyclic) bond motifs is 1. The van der Waals surface area contributed by atoms with Gasteiger partial charge in [0.05, 0.1) is 6.07 Å². The Morgan fingerprint density at radius 1 is 1.17 bits per heavy atom. The summed E-state index contributed by atoms with van der Waals surface area (Å²) in [6, 6.07) is 8.80. The predicted molar refractivity (Wildman–Crippen MR) is 69.1 cm³/mol. The van der Waals surface area contributed by atoms with Crippen molar-refractivity contribution in [3.63, 3.8) is 0 Å². The Bertz CT molecular complexity index is 541. The van der Waals surface area contributed by atoms with Gasteiger partial charge in [-0.25, -0.2) is 0 Å². The van der Waals surface area contributed by atoms with Gasteiger partial charge in [-0.05, 0) is 55.2 Å². The molecule has 1 atom stereocenters. The third-order valence-corrected chi connectivity index (χ3v) is 4.42. The molecule has 0 heterocycles. The van der Waals surface area contributed by atoms with Crippen LogP contribution in [-0.4, -0.2) is 5.78 Å². The molecule has 0 aliphatic heterocycles. The second-order valence-electron chi connectivity index (χ2n) is 5.60. The lowest BCUT2D eigenvalue weighted by Gasteiger charge is -2.19. The maximum absolute atomic E-state index is 11.9. The second kappa shape index (κ2) is 4.24. The molecule has 18 heavy (non-hydrogen) atoms. The van der Waals surface area contributed by atoms with Crippen LogP contribution in [0.3, 0.4) is 0 Å². The first-order valence-electron chi connectivity index (χ1n) is 6.79. The third kappa shape index (κ3) is 1.75. The van der Waals surface area contributed by atoms with Crippen molar-refractivity contribution in [1.29, 1.82) is 5.26 Å². The van der Waals surface area contributed by atoms with Gasteiger partial charge in [-0.2, -0.15) is 5.26 Å². The van der Waals surface area contributed by atoms with Gasteiger partial charge < -0.3 is 0 Å². The first-order chi connectivity index (χ1) is 8.73. The minimum atomic E-state index is -0.729. The summed E-state index contributed by atoms with van der Waals surface area (Å²) in [5, 5.41) is 9.37. The lowest BCUT2D eigenvalue weighted by molar-refractivity contribution is -0.123. The van der Waals surface area contributed by atoms with Gasteiger partial charge in [0, 0.05) is 6.42 Å². The summed E-state index contributed by atoms with van der Waals surface area (Å²) < 4.78 is 0. The van der Waals surface area contributed by atoms with E-state index >= 15 is 0 Å². The molecule has 1 fully saturated rings. The molecule has 0 amide bonds. The van der Waals surface area contributed by atoms with E-state index in [1.54, 1.807) is 0 Å². The summed E-state index contributed by atoms with van der Waals surface area (Å²) in [7, 11) is 0. The maximum atomic E-state index is 11.9. The summed E-state index contributed by atoms with van der Waals surface area (Å²) in [5.41, 5.74) is 3.30. The standard InChI is InChI=1S/C16H17NO/c17-11-16(8-2-5-15(16)18)10-12-6-7-13-3-1-4-14(13)9-12/h6-7,9H,1-5,8,10H2. The highest BCUT2D eigenvalue weighted by molar-refractivity contribution is 5.89. The zero-order valence-corrected chi connectivity index (χ0v) is 10.5. The fraction of sp³-hybridized carbons (Fsp3) is 0.500. The summed E-state index contributed by atoms with van der Waals surface area (Å²) in [5.74, 6) is 0.144. The van der Waals surface area contributed by atoms with Crippen LogP contribution in [0.1, 0.15) is 42.4 Å². The number of hydrogen-bond acceptors (Lipinski definition) is 2. The highest BCUT2D eigenvalue weighted by Gasteiger charge is 2.42. The number of aryl methyl sites for hydroxylation is 2. The molecule has 0 spiro atoms. The number of Topliss-reactive ketones (excluding diaryl/α,β-unsaturated/α-hetero) is 1. The number of benzene rings is 1. The minimum Gasteiger partial charge on any atom is -0.298 e. The first-order valence-corrected chi connectivity index (χ1v) is 6.79. The van der Waals surface area contributed by atoms with Crippen LogP contribution in [-0.2, 0) is 24.1 Å². The third-order valence-electron chi connectivity index (χ3n) is 4.42. The average Bonchev–Trinajstić information content (AvgIpc) is 2.97. The van der Waals surface area contributed by atoms with Crippen LogP contribution < -0.4 is 0 Å². The Morgan fingerprint density at radius 3 is 2.72 bits per heavy atom. The molecule has 0 saturated heterocycles. The highest BCUT2D eigenvalue weighted by Crippen LogP contribution is 2.38. The largest absolute Gasteiger partial charge is 0.298 e. The number of carbonyl (C=O) groups is 1. The number of carbonyl (C=O) groups excluding carboxylic acids is 1. The van der Waals surface area contributed by atoms with E-state index in [1.165, 1.54) is 24.0 Å². The Morgan fingerprint density at radius 2 is 2.00 bits per heavy atom. The molecule has 1 saturated carbocycles. The molecule has 2 nitrogen and oxygen atoms in total. The monoisotopic (exact) mass is 239 g/mol. The van der Waals surface area contributed by atoms with Gasteiger partial charge in [0.1, 0.15) is 5.41 Å². The summed E-state index contributed by atoms with van der Waals surface area (Å²) in [6.07, 6.45) is 6.36. The van der Waals surface area contributed by atoms with Crippen molar-refractivity contribution in [2.75, 3.05) is 0 Å². The van der Waals surface area contributed by atoms with Crippen LogP contribution in [0.25, 0.3) is 0 Å². The maximum Gasteiger partial charge on any atom is 0.153 e. The van der Waals surface area contributed by atoms with E-state index in [0.29, 0.717) is 12.8 Å². The van der Waals surface area contributed by atoms with Crippen molar-refractivity contribution in [2.45, 2.75) is 44.9 Å². The molecule has 0 bridgehead atoms. The molecule has 1 unspecified atom stereocenters. The smallest absolute Gasteiger partial charge is 0.153 e. The van der Waals surface area contributed by atoms with Gasteiger partial charge in [-0.3, -0.25) is 4.79 Å². The minimum absolute atomic E-state index is 0.144. The summed E-state index contributed by atoms with van der Waals surface area (Å²) >= 11 is 0. The highest BCUT2D eigenvalue weighted by atomic mass is 16.1. The van der Waals surface area contributed by atoms with Gasteiger partial charge in [-0.15, -0.1) is 0 Å². The van der Waals surface area contributed by atoms with Crippen molar-refractivity contribution in [1.82, 2.24) is 0 Å². The Balaban J connectivity index is 1.88. The van der Waals surface area contributed by atoms with Crippen LogP contribution >= 0.6 is 0 Å². The first kappa shape index (κ1) is 11.5. The fourth-order valence-corrected chi connectivity index (χ4v) is 3.36. The molecule has 0 aromatic heterocycles. The molecule has 2 heteroatoms. The van der Waals surface area contributed by atoms with Crippen molar-refractivity contribution in [3.8, 4) is 6.07 Å². The van der Waals surface area contributed by atoms with Gasteiger partial charge >= 0.3 is 0 Å². The molecule has 0 N–H and O–H groups in total. The van der Waals surface area contributed by atoms with E-state index in [-0.39, 0.29) is 5.78 Å². The van der Waals surface area contributed by atoms with E-state index in [9.17, 15) is 10.1 Å². The van der Waals surface area contributed by atoms with Crippen molar-refractivity contribution in [3.05, 3.63) is 34.9 Å². The molecule has 2 aliphatic carbocycles. The van der Waals surface area contributed by atoms with Crippen LogP contribution in [0.4, 0.5) is 0 Å². The molecular formula is C16H17NO. The van der Waals surface area contributed by atoms with E-state index in [2.05, 4.69) is 24.3 Å². The zero-order valence-electron chi connectivity index (χ0n) is 10.5. The topological polar surface area (TPSA) is 40.9 Å². The Hall–Kier alpha value is -1.62. The van der Waals surface area contributed by atoms with Crippen LogP contribution in [0.2, 0.25) is 0 Å². The average molecular weight is 239 g/mol. The zero-order chi connectivity index (χ0) is 12.6. The number of nitrogens with zero attached hydrogens (tertiary/aromatic N) is 1. The molecule has 3 rings (SSSR count). The van der Waals surface area contributed by atoms with E-state index in [0.717, 1.165) is 24.8 Å². The second-order valence-corrected chi connectivity index (χ2v) is 5.60. The Labute approximate surface area is 108 Å². The number of hydrogen-bond donors (Lipinski definition) is 0. The van der Waals surface area contributed by atoms with Gasteiger partial charge in [0.15, 0.2) is 5.78 Å². The van der Waals surface area contributed by atoms with Crippen molar-refractivity contribution >= 4 is 5.78 Å². The van der Waals surface area contributed by atoms with E-state index in [1.807, 2.05) is 0 Å². The van der Waals surface area contributed by atoms with Crippen LogP contribution in [0.15, 0.2) is 18.2 Å². The van der Waals surface area contributed by atoms with E-state index in [4.69, 9.17) is 0 Å². The number of nitriles is 1. The SMILES string of the molecule is N#CC1(Cc2ccc3c(c2)CCC3)CCCC1=O. The quantitative estimate of drug-likeness (QED) is 0.796. The number of ketones is 1. The fourth-order valence-electron chi connectivity index (χ4n) is 3.36. The van der Waals surface area contributed by atoms with Crippen molar-refractivity contribution < 1.29 is 4.79 Å². The number of rotatable bonds is 2. The molecule has 0 radical (unpaired) electrons. The molecule has 1 aromatic rings. The van der Waals surface area contributed by atoms with Gasteiger partial charge in [-0.1, -0.05) is 18.2 Å². The van der Waals surface area contributed by atoms with Gasteiger partial charge in [0.25, 0.3) is 0 Å². The lowest BCUT2D eigenvalue weighted by atomic mass is 9.80. The molecule has 92 valence electrons. The van der Waals surface area contributed by atoms with Crippen LogP contribution in [0, 0.1) is 16.7 Å². The summed E-state index contributed by atoms with van der Waals surface area (Å²) in [6.45, 7) is 0. The summed E-state index contributed by atoms with van der Waals surface area (Å²) in [4.78, 5) is 11.9.